The molecule has 30 heavy (non-hydrogen) atoms. The zero-order chi connectivity index (χ0) is 21.7. The number of allylic oxidation sites excluding steroid dienone is 1. The van der Waals surface area contributed by atoms with E-state index in [1.165, 1.54) is 9.79 Å². The van der Waals surface area contributed by atoms with Crippen LogP contribution in [0.4, 0.5) is 0 Å². The zero-order valence-corrected chi connectivity index (χ0v) is 17.7. The molecule has 7 heteroatoms. The van der Waals surface area contributed by atoms with Gasteiger partial charge in [-0.15, -0.1) is 6.58 Å². The van der Waals surface area contributed by atoms with Crippen LogP contribution in [0.25, 0.3) is 16.7 Å². The minimum absolute atomic E-state index is 0.0389. The number of hydrogen-bond acceptors (Lipinski definition) is 4. The summed E-state index contributed by atoms with van der Waals surface area (Å²) in [6, 6.07) is 18.3. The number of benzene rings is 2. The standard InChI is InChI=1S/C23H26N2O4S/c1-17(2)16-22(23(26)24-27)30(28,29)25-14-12-21(13-15-25)20-10-8-19(9-11-20)18-6-4-3-5-7-18/h3-12,22,27H,1,13-16H2,2H3,(H,24,26)/t22-/m0/s1. The molecule has 2 aromatic rings. The Morgan fingerprint density at radius 3 is 2.23 bits per heavy atom. The van der Waals surface area contributed by atoms with Gasteiger partial charge in [0.2, 0.25) is 10.0 Å². The molecule has 0 aliphatic carbocycles. The van der Waals surface area contributed by atoms with E-state index in [1.54, 1.807) is 6.92 Å². The van der Waals surface area contributed by atoms with Crippen molar-refractivity contribution in [2.24, 2.45) is 0 Å². The van der Waals surface area contributed by atoms with Crippen LogP contribution in [0, 0.1) is 0 Å². The summed E-state index contributed by atoms with van der Waals surface area (Å²) >= 11 is 0. The second-order valence-electron chi connectivity index (χ2n) is 7.45. The first-order valence-electron chi connectivity index (χ1n) is 9.75. The molecule has 0 fully saturated rings. The fourth-order valence-electron chi connectivity index (χ4n) is 3.55. The van der Waals surface area contributed by atoms with E-state index in [1.807, 2.05) is 36.4 Å². The van der Waals surface area contributed by atoms with Gasteiger partial charge in [0.15, 0.2) is 5.25 Å². The van der Waals surface area contributed by atoms with Crippen LogP contribution in [0.1, 0.15) is 25.3 Å². The van der Waals surface area contributed by atoms with Crippen molar-refractivity contribution in [3.8, 4) is 11.1 Å². The van der Waals surface area contributed by atoms with Crippen LogP contribution < -0.4 is 5.48 Å². The number of hydroxylamine groups is 1. The predicted molar refractivity (Wildman–Crippen MR) is 118 cm³/mol. The molecule has 1 amide bonds. The molecule has 0 unspecified atom stereocenters. The molecule has 2 N–H and O–H groups in total. The van der Waals surface area contributed by atoms with Crippen LogP contribution in [-0.2, 0) is 14.8 Å². The maximum absolute atomic E-state index is 12.9. The molecular weight excluding hydrogens is 400 g/mol. The molecule has 0 radical (unpaired) electrons. The Hall–Kier alpha value is -2.74. The van der Waals surface area contributed by atoms with Crippen LogP contribution in [0.3, 0.4) is 0 Å². The Kier molecular flexibility index (Phi) is 6.87. The number of amides is 1. The van der Waals surface area contributed by atoms with E-state index < -0.39 is 21.2 Å². The van der Waals surface area contributed by atoms with Crippen LogP contribution in [0.5, 0.6) is 0 Å². The van der Waals surface area contributed by atoms with Crippen molar-refractivity contribution in [3.05, 3.63) is 78.4 Å². The molecule has 0 saturated heterocycles. The van der Waals surface area contributed by atoms with Crippen molar-refractivity contribution in [1.29, 1.82) is 0 Å². The molecule has 2 aromatic carbocycles. The van der Waals surface area contributed by atoms with Gasteiger partial charge in [0.05, 0.1) is 0 Å². The molecule has 0 aromatic heterocycles. The van der Waals surface area contributed by atoms with Gasteiger partial charge < -0.3 is 0 Å². The Balaban J connectivity index is 1.75. The first-order chi connectivity index (χ1) is 14.3. The first-order valence-corrected chi connectivity index (χ1v) is 11.3. The number of hydrogen-bond donors (Lipinski definition) is 2. The van der Waals surface area contributed by atoms with Crippen LogP contribution in [0.15, 0.2) is 72.8 Å². The molecule has 1 aliphatic rings. The van der Waals surface area contributed by atoms with Crippen molar-refractivity contribution in [2.75, 3.05) is 13.1 Å². The fourth-order valence-corrected chi connectivity index (χ4v) is 5.36. The summed E-state index contributed by atoms with van der Waals surface area (Å²) in [5.74, 6) is -0.940. The molecule has 1 atom stereocenters. The number of carbonyl (C=O) groups excluding carboxylic acids is 1. The third-order valence-electron chi connectivity index (χ3n) is 5.19. The Morgan fingerprint density at radius 1 is 1.10 bits per heavy atom. The van der Waals surface area contributed by atoms with Gasteiger partial charge in [-0.1, -0.05) is 66.2 Å². The summed E-state index contributed by atoms with van der Waals surface area (Å²) in [6.07, 6.45) is 2.39. The summed E-state index contributed by atoms with van der Waals surface area (Å²) in [5, 5.41) is 7.56. The third-order valence-corrected chi connectivity index (χ3v) is 7.34. The van der Waals surface area contributed by atoms with Crippen molar-refractivity contribution in [1.82, 2.24) is 9.79 Å². The van der Waals surface area contributed by atoms with Gasteiger partial charge in [-0.05, 0) is 42.0 Å². The predicted octanol–water partition coefficient (Wildman–Crippen LogP) is 3.61. The normalized spacial score (nSPS) is 15.9. The SMILES string of the molecule is C=C(C)C[C@@H](C(=O)NO)S(=O)(=O)N1CC=C(c2ccc(-c3ccccc3)cc2)CC1. The molecule has 6 nitrogen and oxygen atoms in total. The van der Waals surface area contributed by atoms with Crippen molar-refractivity contribution >= 4 is 21.5 Å². The van der Waals surface area contributed by atoms with E-state index in [9.17, 15) is 13.2 Å². The molecule has 3 rings (SSSR count). The average Bonchev–Trinajstić information content (AvgIpc) is 2.77. The highest BCUT2D eigenvalue weighted by atomic mass is 32.2. The maximum atomic E-state index is 12.9. The van der Waals surface area contributed by atoms with Crippen LogP contribution in [-0.4, -0.2) is 42.2 Å². The third kappa shape index (κ3) is 4.87. The van der Waals surface area contributed by atoms with Crippen LogP contribution >= 0.6 is 0 Å². The Morgan fingerprint density at radius 2 is 1.70 bits per heavy atom. The lowest BCUT2D eigenvalue weighted by molar-refractivity contribution is -0.128. The Bertz CT molecular complexity index is 1040. The molecule has 0 saturated carbocycles. The fraction of sp³-hybridized carbons (Fsp3) is 0.261. The number of nitrogens with zero attached hydrogens (tertiary/aromatic N) is 1. The molecule has 1 aliphatic heterocycles. The molecule has 1 heterocycles. The zero-order valence-electron chi connectivity index (χ0n) is 16.9. The second kappa shape index (κ2) is 9.38. The number of carbonyl (C=O) groups is 1. The van der Waals surface area contributed by atoms with Gasteiger partial charge in [-0.3, -0.25) is 10.0 Å². The molecule has 158 valence electrons. The quantitative estimate of drug-likeness (QED) is 0.402. The number of sulfonamides is 1. The largest absolute Gasteiger partial charge is 0.289 e. The molecular formula is C23H26N2O4S. The monoisotopic (exact) mass is 426 g/mol. The van der Waals surface area contributed by atoms with Crippen LogP contribution in [0.2, 0.25) is 0 Å². The lowest BCUT2D eigenvalue weighted by Crippen LogP contribution is -2.47. The summed E-state index contributed by atoms with van der Waals surface area (Å²) < 4.78 is 27.2. The highest BCUT2D eigenvalue weighted by Crippen LogP contribution is 2.28. The van der Waals surface area contributed by atoms with Gasteiger partial charge in [0, 0.05) is 13.1 Å². The lowest BCUT2D eigenvalue weighted by atomic mass is 9.97. The minimum Gasteiger partial charge on any atom is -0.289 e. The first kappa shape index (κ1) is 22.0. The second-order valence-corrected chi connectivity index (χ2v) is 9.57. The van der Waals surface area contributed by atoms with Crippen molar-refractivity contribution in [2.45, 2.75) is 25.0 Å². The van der Waals surface area contributed by atoms with Gasteiger partial charge >= 0.3 is 0 Å². The highest BCUT2D eigenvalue weighted by Gasteiger charge is 2.37. The van der Waals surface area contributed by atoms with E-state index in [0.29, 0.717) is 12.0 Å². The van der Waals surface area contributed by atoms with E-state index in [0.717, 1.165) is 22.3 Å². The van der Waals surface area contributed by atoms with E-state index in [2.05, 4.69) is 30.8 Å². The minimum atomic E-state index is -3.92. The smallest absolute Gasteiger partial charge is 0.263 e. The molecule has 0 spiro atoms. The summed E-state index contributed by atoms with van der Waals surface area (Å²) in [6.45, 7) is 5.81. The molecule has 0 bridgehead atoms. The lowest BCUT2D eigenvalue weighted by Gasteiger charge is -2.29. The number of rotatable bonds is 7. The highest BCUT2D eigenvalue weighted by molar-refractivity contribution is 7.90. The Labute approximate surface area is 177 Å². The van der Waals surface area contributed by atoms with E-state index >= 15 is 0 Å². The van der Waals surface area contributed by atoms with Gasteiger partial charge in [0.1, 0.15) is 0 Å². The average molecular weight is 427 g/mol. The summed E-state index contributed by atoms with van der Waals surface area (Å²) in [7, 11) is -3.92. The summed E-state index contributed by atoms with van der Waals surface area (Å²) in [5.41, 5.74) is 6.42. The van der Waals surface area contributed by atoms with Crippen molar-refractivity contribution in [3.63, 3.8) is 0 Å². The van der Waals surface area contributed by atoms with Gasteiger partial charge in [0.25, 0.3) is 5.91 Å². The number of nitrogens with one attached hydrogen (secondary N) is 1. The van der Waals surface area contributed by atoms with Crippen molar-refractivity contribution < 1.29 is 18.4 Å². The topological polar surface area (TPSA) is 86.7 Å². The van der Waals surface area contributed by atoms with E-state index in [-0.39, 0.29) is 19.5 Å². The van der Waals surface area contributed by atoms with E-state index in [4.69, 9.17) is 5.21 Å². The van der Waals surface area contributed by atoms with Gasteiger partial charge in [-0.25, -0.2) is 13.9 Å². The summed E-state index contributed by atoms with van der Waals surface area (Å²) in [4.78, 5) is 11.9. The maximum Gasteiger partial charge on any atom is 0.263 e. The van der Waals surface area contributed by atoms with Gasteiger partial charge in [-0.2, -0.15) is 4.31 Å².